The summed E-state index contributed by atoms with van der Waals surface area (Å²) in [6.45, 7) is 0. The molecule has 17 rings (SSSR count). The van der Waals surface area contributed by atoms with E-state index in [-0.39, 0.29) is 0 Å². The molecule has 2 aromatic heterocycles. The van der Waals surface area contributed by atoms with Crippen molar-refractivity contribution in [3.63, 3.8) is 0 Å². The number of halogens is 8. The van der Waals surface area contributed by atoms with Crippen LogP contribution in [0, 0.1) is 46.5 Å². The lowest BCUT2D eigenvalue weighted by atomic mass is 9.83. The number of nitrogens with one attached hydrogen (secondary N) is 2. The molecule has 0 unspecified atom stereocenters. The van der Waals surface area contributed by atoms with Gasteiger partial charge in [-0.3, -0.25) is 0 Å². The molecule has 1 aliphatic carbocycles. The molecule has 2 aliphatic heterocycles. The number of aliphatic imine (C=N–C) groups is 2. The SMILES string of the molecule is Fc1ccc(C2=C(c3ccc(F)cc3)C3=C(c4ccccc4)c4[nH]c(c(-c5ccc(F)cc5)c4-c4ccc(F)cc4)C(c4ccccc4)=C4N=C(C(c5ccc(F)cc5)=C4c4ccc(F)cc4)C(c4ccccc4)=c4[nH]c(c(-c5ccc(F)cc5)c4-c4ccc(F)cc4)=C(c4ccccc4)C2=N3)cc1. The van der Waals surface area contributed by atoms with Crippen molar-refractivity contribution in [3.8, 4) is 44.5 Å². The molecule has 0 atom stereocenters. The number of hydrogen-bond acceptors (Lipinski definition) is 2. The maximum Gasteiger partial charge on any atom is 0.123 e. The summed E-state index contributed by atoms with van der Waals surface area (Å²) in [6.07, 6.45) is 0. The molecule has 0 fully saturated rings. The molecule has 0 spiro atoms. The fourth-order valence-electron chi connectivity index (χ4n) is 14.6. The maximum atomic E-state index is 15.9. The molecule has 12 heteroatoms. The maximum absolute atomic E-state index is 15.9. The van der Waals surface area contributed by atoms with E-state index in [2.05, 4.69) is 9.97 Å². The number of hydrogen-bond donors (Lipinski definition) is 2. The number of aromatic amines is 2. The largest absolute Gasteiger partial charge is 0.353 e. The number of H-pyrrole nitrogens is 2. The molecule has 0 radical (unpaired) electrons. The van der Waals surface area contributed by atoms with Crippen molar-refractivity contribution >= 4 is 56.0 Å². The van der Waals surface area contributed by atoms with E-state index in [1.165, 1.54) is 97.1 Å². The molecule has 4 nitrogen and oxygen atoms in total. The van der Waals surface area contributed by atoms with Gasteiger partial charge >= 0.3 is 0 Å². The predicted molar refractivity (Wildman–Crippen MR) is 399 cm³/mol. The van der Waals surface area contributed by atoms with Crippen molar-refractivity contribution in [1.82, 2.24) is 9.97 Å². The summed E-state index contributed by atoms with van der Waals surface area (Å²) < 4.78 is 128. The van der Waals surface area contributed by atoms with Crippen molar-refractivity contribution in [2.24, 2.45) is 9.98 Å². The summed E-state index contributed by atoms with van der Waals surface area (Å²) in [4.78, 5) is 20.4. The first kappa shape index (κ1) is 64.1. The number of allylic oxidation sites excluding steroid dienone is 4. The Kier molecular flexibility index (Phi) is 16.4. The Morgan fingerprint density at radius 3 is 0.625 bits per heavy atom. The summed E-state index contributed by atoms with van der Waals surface area (Å²) in [5.74, 6) is -4.20. The van der Waals surface area contributed by atoms with Crippen molar-refractivity contribution in [3.05, 3.63) is 440 Å². The molecule has 14 aromatic rings. The van der Waals surface area contributed by atoms with Gasteiger partial charge in [-0.15, -0.1) is 0 Å². The highest BCUT2D eigenvalue weighted by atomic mass is 19.2. The van der Waals surface area contributed by atoms with Gasteiger partial charge in [-0.25, -0.2) is 45.1 Å². The van der Waals surface area contributed by atoms with Crippen LogP contribution in [-0.2, 0) is 0 Å². The molecule has 2 N–H and O–H groups in total. The molecule has 12 aromatic carbocycles. The lowest BCUT2D eigenvalue weighted by molar-refractivity contribution is 0.627. The Bertz CT molecular complexity index is 5670. The third-order valence-electron chi connectivity index (χ3n) is 19.2. The van der Waals surface area contributed by atoms with Gasteiger partial charge in [0.2, 0.25) is 0 Å². The second-order valence-electron chi connectivity index (χ2n) is 25.4. The summed E-state index contributed by atoms with van der Waals surface area (Å²) in [5, 5.41) is 0.824. The molecule has 3 aliphatic rings. The van der Waals surface area contributed by atoms with Crippen LogP contribution in [0.25, 0.3) is 89.1 Å². The molecule has 0 saturated carbocycles. The smallest absolute Gasteiger partial charge is 0.123 e. The minimum atomic E-state index is -0.526. The fourth-order valence-corrected chi connectivity index (χ4v) is 14.6. The molecule has 498 valence electrons. The zero-order chi connectivity index (χ0) is 70.7. The third-order valence-corrected chi connectivity index (χ3v) is 19.2. The van der Waals surface area contributed by atoms with Crippen molar-refractivity contribution in [2.45, 2.75) is 0 Å². The Morgan fingerprint density at radius 2 is 0.375 bits per heavy atom. The minimum Gasteiger partial charge on any atom is -0.353 e. The van der Waals surface area contributed by atoms with Gasteiger partial charge in [-0.05, 0) is 164 Å². The van der Waals surface area contributed by atoms with Crippen LogP contribution < -0.4 is 10.7 Å². The average Bonchev–Trinajstić information content (AvgIpc) is 1.55. The highest BCUT2D eigenvalue weighted by Gasteiger charge is 2.40. The quantitative estimate of drug-likeness (QED) is 0.115. The topological polar surface area (TPSA) is 56.3 Å². The van der Waals surface area contributed by atoms with Crippen LogP contribution >= 0.6 is 0 Å². The molecular weight excluding hydrogens is 1310 g/mol. The lowest BCUT2D eigenvalue weighted by Gasteiger charge is -2.17. The Hall–Kier alpha value is -13.3. The zero-order valence-corrected chi connectivity index (χ0v) is 54.9. The third kappa shape index (κ3) is 11.6. The monoisotopic (exact) mass is 1370 g/mol. The molecular formula is C92H54F8N4. The van der Waals surface area contributed by atoms with Crippen LogP contribution in [0.5, 0.6) is 0 Å². The van der Waals surface area contributed by atoms with Gasteiger partial charge in [0.05, 0.1) is 44.9 Å². The first-order valence-corrected chi connectivity index (χ1v) is 33.6. The van der Waals surface area contributed by atoms with Crippen LogP contribution in [0.3, 0.4) is 0 Å². The number of nitrogens with zero attached hydrogens (tertiary/aromatic N) is 2. The van der Waals surface area contributed by atoms with E-state index < -0.39 is 46.5 Å². The molecule has 4 heterocycles. The van der Waals surface area contributed by atoms with Crippen LogP contribution in [0.15, 0.2) is 337 Å². The lowest BCUT2D eigenvalue weighted by Crippen LogP contribution is -2.23. The van der Waals surface area contributed by atoms with E-state index in [4.69, 9.17) is 9.98 Å². The second-order valence-corrected chi connectivity index (χ2v) is 25.4. The molecule has 104 heavy (non-hydrogen) atoms. The number of aromatic nitrogens is 2. The van der Waals surface area contributed by atoms with E-state index in [1.807, 2.05) is 121 Å². The van der Waals surface area contributed by atoms with E-state index in [0.29, 0.717) is 179 Å². The predicted octanol–water partition coefficient (Wildman–Crippen LogP) is 21.9. The second kappa shape index (κ2) is 26.6. The van der Waals surface area contributed by atoms with Gasteiger partial charge < -0.3 is 9.97 Å². The Labute approximate surface area is 592 Å². The van der Waals surface area contributed by atoms with Crippen molar-refractivity contribution in [2.75, 3.05) is 0 Å². The number of benzene rings is 12. The summed E-state index contributed by atoms with van der Waals surface area (Å²) in [5.41, 5.74) is 14.2. The summed E-state index contributed by atoms with van der Waals surface area (Å²) >= 11 is 0. The van der Waals surface area contributed by atoms with Crippen LogP contribution in [0.4, 0.5) is 35.1 Å². The highest BCUT2D eigenvalue weighted by Crippen LogP contribution is 2.54. The first-order valence-electron chi connectivity index (χ1n) is 33.6. The molecule has 0 amide bonds. The van der Waals surface area contributed by atoms with Crippen molar-refractivity contribution in [1.29, 1.82) is 0 Å². The standard InChI is InChI=1S/C92H54F8N4/c93-65-37-21-57(22-38-65)73-75(59-25-41-67(95)42-26-59)87-82(54-15-7-2-8-16-54)89-77(61-29-45-69(97)46-30-61)79(63-33-49-71(99)50-34-63)91(103-89)84(56-19-11-4-12-20-56)92-80(64-35-51-72(100)52-36-64)78(62-31-47-70(98)48-32-62)90(104-92)83(55-17-9-3-10-18-55)88-76(60-27-43-68(96)44-28-60)74(58-23-39-66(94)40-24-58)86(102-88)81(85(73)101-87)53-13-5-1-6-14-53/h1-52,101,104H. The van der Waals surface area contributed by atoms with E-state index in [1.54, 1.807) is 97.1 Å². The van der Waals surface area contributed by atoms with Crippen molar-refractivity contribution < 1.29 is 35.1 Å². The van der Waals surface area contributed by atoms with Crippen LogP contribution in [-0.4, -0.2) is 21.4 Å². The zero-order valence-electron chi connectivity index (χ0n) is 54.9. The van der Waals surface area contributed by atoms with Gasteiger partial charge in [0.1, 0.15) is 46.5 Å². The van der Waals surface area contributed by atoms with E-state index >= 15 is 35.1 Å². The summed E-state index contributed by atoms with van der Waals surface area (Å²) in [6, 6.07) is 86.9. The van der Waals surface area contributed by atoms with E-state index in [9.17, 15) is 0 Å². The van der Waals surface area contributed by atoms with Gasteiger partial charge in [0.15, 0.2) is 0 Å². The average molecular weight is 1370 g/mol. The first-order chi connectivity index (χ1) is 50.9. The van der Waals surface area contributed by atoms with E-state index in [0.717, 1.165) is 0 Å². The molecule has 8 bridgehead atoms. The minimum absolute atomic E-state index is 0.325. The highest BCUT2D eigenvalue weighted by molar-refractivity contribution is 6.53. The summed E-state index contributed by atoms with van der Waals surface area (Å²) in [7, 11) is 0. The number of fused-ring (bicyclic) bond motifs is 10. The van der Waals surface area contributed by atoms with Crippen LogP contribution in [0.1, 0.15) is 55.9 Å². The van der Waals surface area contributed by atoms with Gasteiger partial charge in [-0.1, -0.05) is 218 Å². The fraction of sp³-hybridized carbons (Fsp3) is 0. The van der Waals surface area contributed by atoms with Crippen LogP contribution in [0.2, 0.25) is 0 Å². The van der Waals surface area contributed by atoms with Gasteiger partial charge in [0.25, 0.3) is 0 Å². The Balaban J connectivity index is 1.24. The molecule has 0 saturated heterocycles. The normalized spacial score (nSPS) is 13.7. The Morgan fingerprint density at radius 1 is 0.173 bits per heavy atom. The van der Waals surface area contributed by atoms with Gasteiger partial charge in [-0.2, -0.15) is 0 Å². The van der Waals surface area contributed by atoms with Gasteiger partial charge in [0, 0.05) is 66.8 Å². The number of rotatable bonds is 12.